The molecule has 138 valence electrons. The Kier molecular flexibility index (Phi) is 5.11. The topological polar surface area (TPSA) is 115 Å². The number of nitrogens with one attached hydrogen (secondary N) is 2. The summed E-state index contributed by atoms with van der Waals surface area (Å²) in [5, 5.41) is 17.6. The van der Waals surface area contributed by atoms with Crippen LogP contribution in [0.2, 0.25) is 0 Å². The normalized spacial score (nSPS) is 10.3. The molecular formula is C18H18N6O3. The number of benzene rings is 1. The Morgan fingerprint density at radius 3 is 2.37 bits per heavy atom. The van der Waals surface area contributed by atoms with E-state index < -0.39 is 4.92 Å². The number of methoxy groups -OCH3 is 1. The monoisotopic (exact) mass is 366 g/mol. The molecule has 9 nitrogen and oxygen atoms in total. The number of hydrogen-bond donors (Lipinski definition) is 2. The van der Waals surface area contributed by atoms with Gasteiger partial charge in [-0.1, -0.05) is 6.07 Å². The van der Waals surface area contributed by atoms with Crippen molar-refractivity contribution in [3.05, 3.63) is 64.1 Å². The van der Waals surface area contributed by atoms with Crippen LogP contribution in [0, 0.1) is 24.0 Å². The number of rotatable bonds is 6. The molecule has 0 atom stereocenters. The summed E-state index contributed by atoms with van der Waals surface area (Å²) in [6.45, 7) is 3.81. The summed E-state index contributed by atoms with van der Waals surface area (Å²) >= 11 is 0. The van der Waals surface area contributed by atoms with Crippen molar-refractivity contribution in [2.45, 2.75) is 13.8 Å². The zero-order valence-electron chi connectivity index (χ0n) is 15.1. The molecule has 0 saturated carbocycles. The number of aromatic nitrogens is 3. The highest BCUT2D eigenvalue weighted by atomic mass is 16.6. The number of pyridine rings is 1. The molecule has 0 saturated heterocycles. The Balaban J connectivity index is 2.02. The molecule has 1 aromatic carbocycles. The van der Waals surface area contributed by atoms with E-state index in [1.165, 1.54) is 13.4 Å². The molecule has 0 fully saturated rings. The summed E-state index contributed by atoms with van der Waals surface area (Å²) in [5.41, 5.74) is 2.22. The van der Waals surface area contributed by atoms with E-state index in [-0.39, 0.29) is 17.3 Å². The van der Waals surface area contributed by atoms with Gasteiger partial charge >= 0.3 is 5.69 Å². The third-order valence-corrected chi connectivity index (χ3v) is 3.77. The number of anilines is 4. The molecule has 0 aliphatic carbocycles. The molecular weight excluding hydrogens is 348 g/mol. The van der Waals surface area contributed by atoms with E-state index in [4.69, 9.17) is 4.74 Å². The second-order valence-electron chi connectivity index (χ2n) is 5.85. The van der Waals surface area contributed by atoms with Crippen molar-refractivity contribution < 1.29 is 9.66 Å². The van der Waals surface area contributed by atoms with Gasteiger partial charge in [0.05, 0.1) is 17.7 Å². The lowest BCUT2D eigenvalue weighted by atomic mass is 10.2. The van der Waals surface area contributed by atoms with E-state index in [1.54, 1.807) is 18.3 Å². The first-order valence-electron chi connectivity index (χ1n) is 8.08. The zero-order valence-corrected chi connectivity index (χ0v) is 15.1. The Morgan fingerprint density at radius 1 is 1.00 bits per heavy atom. The minimum absolute atomic E-state index is 0.0437. The first-order chi connectivity index (χ1) is 13.0. The quantitative estimate of drug-likeness (QED) is 0.499. The summed E-state index contributed by atoms with van der Waals surface area (Å²) in [6.07, 6.45) is 2.86. The molecule has 0 aliphatic heterocycles. The molecule has 0 spiro atoms. The van der Waals surface area contributed by atoms with E-state index in [2.05, 4.69) is 25.6 Å². The van der Waals surface area contributed by atoms with Gasteiger partial charge in [0.1, 0.15) is 17.9 Å². The minimum atomic E-state index is -0.539. The van der Waals surface area contributed by atoms with Crippen molar-refractivity contribution in [3.8, 4) is 5.75 Å². The number of nitrogens with zero attached hydrogens (tertiary/aromatic N) is 4. The van der Waals surface area contributed by atoms with E-state index in [0.717, 1.165) is 11.1 Å². The van der Waals surface area contributed by atoms with Crippen LogP contribution < -0.4 is 15.4 Å². The van der Waals surface area contributed by atoms with Crippen LogP contribution in [0.5, 0.6) is 5.75 Å². The molecule has 3 aromatic rings. The van der Waals surface area contributed by atoms with Crippen LogP contribution in [0.3, 0.4) is 0 Å². The average molecular weight is 366 g/mol. The van der Waals surface area contributed by atoms with Gasteiger partial charge in [-0.2, -0.15) is 0 Å². The highest BCUT2D eigenvalue weighted by molar-refractivity contribution is 5.78. The van der Waals surface area contributed by atoms with Gasteiger partial charge in [-0.25, -0.2) is 15.0 Å². The van der Waals surface area contributed by atoms with E-state index >= 15 is 0 Å². The van der Waals surface area contributed by atoms with Crippen molar-refractivity contribution in [2.24, 2.45) is 0 Å². The molecule has 2 heterocycles. The lowest BCUT2D eigenvalue weighted by Gasteiger charge is -2.13. The summed E-state index contributed by atoms with van der Waals surface area (Å²) in [6, 6.07) is 9.08. The molecule has 27 heavy (non-hydrogen) atoms. The largest absolute Gasteiger partial charge is 0.495 e. The van der Waals surface area contributed by atoms with Gasteiger partial charge in [0.25, 0.3) is 0 Å². The standard InChI is InChI=1S/C18H18N6O3/c1-11-4-5-14(27-3)13(8-11)22-17-16(24(25)26)18(21-10-20-17)23-15-9-12(2)6-7-19-15/h4-10H,1-3H3,(H2,19,20,21,22,23). The SMILES string of the molecule is COc1ccc(C)cc1Nc1ncnc(Nc2cc(C)ccn2)c1[N+](=O)[O-]. The summed E-state index contributed by atoms with van der Waals surface area (Å²) in [5.74, 6) is 1.09. The Labute approximate surface area is 155 Å². The number of ether oxygens (including phenoxy) is 1. The van der Waals surface area contributed by atoms with E-state index in [9.17, 15) is 10.1 Å². The summed E-state index contributed by atoms with van der Waals surface area (Å²) < 4.78 is 5.31. The number of aryl methyl sites for hydroxylation is 2. The van der Waals surface area contributed by atoms with E-state index in [0.29, 0.717) is 17.3 Å². The fraction of sp³-hybridized carbons (Fsp3) is 0.167. The predicted octanol–water partition coefficient (Wildman–Crippen LogP) is 3.89. The van der Waals surface area contributed by atoms with Gasteiger partial charge < -0.3 is 15.4 Å². The predicted molar refractivity (Wildman–Crippen MR) is 102 cm³/mol. The highest BCUT2D eigenvalue weighted by Crippen LogP contribution is 2.35. The van der Waals surface area contributed by atoms with Crippen LogP contribution in [0.1, 0.15) is 11.1 Å². The average Bonchev–Trinajstić information content (AvgIpc) is 2.62. The maximum absolute atomic E-state index is 11.7. The fourth-order valence-corrected chi connectivity index (χ4v) is 2.51. The lowest BCUT2D eigenvalue weighted by molar-refractivity contribution is -0.383. The minimum Gasteiger partial charge on any atom is -0.495 e. The number of hydrogen-bond acceptors (Lipinski definition) is 8. The molecule has 9 heteroatoms. The number of nitro groups is 1. The maximum atomic E-state index is 11.7. The van der Waals surface area contributed by atoms with Crippen molar-refractivity contribution in [2.75, 3.05) is 17.7 Å². The van der Waals surface area contributed by atoms with Crippen LogP contribution in [-0.2, 0) is 0 Å². The molecule has 0 radical (unpaired) electrons. The van der Waals surface area contributed by atoms with Gasteiger partial charge in [0, 0.05) is 6.20 Å². The first-order valence-corrected chi connectivity index (χ1v) is 8.08. The van der Waals surface area contributed by atoms with Gasteiger partial charge in [-0.05, 0) is 49.2 Å². The third-order valence-electron chi connectivity index (χ3n) is 3.77. The fourth-order valence-electron chi connectivity index (χ4n) is 2.51. The molecule has 3 rings (SSSR count). The molecule has 2 N–H and O–H groups in total. The Bertz CT molecular complexity index is 993. The van der Waals surface area contributed by atoms with Crippen LogP contribution >= 0.6 is 0 Å². The Hall–Kier alpha value is -3.75. The lowest BCUT2D eigenvalue weighted by Crippen LogP contribution is -2.06. The second kappa shape index (κ2) is 7.65. The third kappa shape index (κ3) is 4.09. The smallest absolute Gasteiger partial charge is 0.353 e. The summed E-state index contributed by atoms with van der Waals surface area (Å²) in [4.78, 5) is 23.4. The molecule has 2 aromatic heterocycles. The maximum Gasteiger partial charge on any atom is 0.353 e. The Morgan fingerprint density at radius 2 is 1.70 bits per heavy atom. The van der Waals surface area contributed by atoms with Crippen LogP contribution in [-0.4, -0.2) is 27.0 Å². The van der Waals surface area contributed by atoms with Gasteiger partial charge in [-0.15, -0.1) is 0 Å². The first kappa shape index (κ1) is 18.1. The van der Waals surface area contributed by atoms with Gasteiger partial charge in [-0.3, -0.25) is 10.1 Å². The van der Waals surface area contributed by atoms with Crippen LogP contribution in [0.25, 0.3) is 0 Å². The van der Waals surface area contributed by atoms with Crippen molar-refractivity contribution in [3.63, 3.8) is 0 Å². The summed E-state index contributed by atoms with van der Waals surface area (Å²) in [7, 11) is 1.53. The molecule has 0 amide bonds. The van der Waals surface area contributed by atoms with Crippen LogP contribution in [0.15, 0.2) is 42.9 Å². The zero-order chi connectivity index (χ0) is 19.4. The van der Waals surface area contributed by atoms with Crippen molar-refractivity contribution >= 4 is 28.8 Å². The molecule has 0 bridgehead atoms. The highest BCUT2D eigenvalue weighted by Gasteiger charge is 2.24. The van der Waals surface area contributed by atoms with Crippen molar-refractivity contribution in [1.82, 2.24) is 15.0 Å². The van der Waals surface area contributed by atoms with Gasteiger partial charge in [0.2, 0.25) is 11.6 Å². The molecule has 0 aliphatic rings. The van der Waals surface area contributed by atoms with E-state index in [1.807, 2.05) is 32.0 Å². The van der Waals surface area contributed by atoms with Crippen LogP contribution in [0.4, 0.5) is 28.8 Å². The second-order valence-corrected chi connectivity index (χ2v) is 5.85. The van der Waals surface area contributed by atoms with Crippen molar-refractivity contribution in [1.29, 1.82) is 0 Å². The van der Waals surface area contributed by atoms with Gasteiger partial charge in [0.15, 0.2) is 0 Å². The molecule has 0 unspecified atom stereocenters.